The van der Waals surface area contributed by atoms with Gasteiger partial charge < -0.3 is 15.0 Å². The van der Waals surface area contributed by atoms with Crippen molar-refractivity contribution in [1.82, 2.24) is 9.80 Å². The highest BCUT2D eigenvalue weighted by molar-refractivity contribution is 7.89. The van der Waals surface area contributed by atoms with E-state index in [9.17, 15) is 18.0 Å². The fourth-order valence-electron chi connectivity index (χ4n) is 3.06. The van der Waals surface area contributed by atoms with Crippen LogP contribution in [0.25, 0.3) is 0 Å². The molecule has 166 valence electrons. The van der Waals surface area contributed by atoms with Crippen LogP contribution in [-0.2, 0) is 19.6 Å². The monoisotopic (exact) mass is 438 g/mol. The third kappa shape index (κ3) is 6.72. The Hall–Kier alpha value is -2.62. The molecule has 1 fully saturated rings. The number of hydrogen-bond donors (Lipinski definition) is 1. The molecule has 1 N–H and O–H groups in total. The Balaban J connectivity index is 2.12. The maximum atomic E-state index is 12.7. The number of benzene rings is 1. The summed E-state index contributed by atoms with van der Waals surface area (Å²) in [6.45, 7) is 5.83. The number of carbonyl (C=O) groups excluding carboxylic acids is 2. The molecule has 2 amide bonds. The maximum absolute atomic E-state index is 12.7. The van der Waals surface area contributed by atoms with Crippen molar-refractivity contribution in [3.63, 3.8) is 0 Å². The molecule has 0 radical (unpaired) electrons. The fraction of sp³-hybridized carbons (Fsp3) is 0.550. The number of nitrogens with one attached hydrogen (secondary N) is 1. The van der Waals surface area contributed by atoms with Crippen molar-refractivity contribution >= 4 is 33.5 Å². The van der Waals surface area contributed by atoms with Crippen LogP contribution in [-0.4, -0.2) is 74.6 Å². The Bertz CT molecular complexity index is 918. The van der Waals surface area contributed by atoms with Gasteiger partial charge in [-0.25, -0.2) is 13.2 Å². The third-order valence-corrected chi connectivity index (χ3v) is 4.77. The molecular weight excluding hydrogens is 408 g/mol. The molecule has 1 saturated heterocycles. The summed E-state index contributed by atoms with van der Waals surface area (Å²) in [5.74, 6) is 0.00557. The molecule has 0 bridgehead atoms. The highest BCUT2D eigenvalue weighted by atomic mass is 32.2. The molecule has 9 nitrogen and oxygen atoms in total. The minimum atomic E-state index is -3.56. The number of nitrogens with zero attached hydrogens (tertiary/aromatic N) is 3. The number of hydrogen-bond acceptors (Lipinski definition) is 5. The van der Waals surface area contributed by atoms with E-state index in [1.165, 1.54) is 4.90 Å². The topological polar surface area (TPSA) is 108 Å². The molecule has 2 rings (SSSR count). The highest BCUT2D eigenvalue weighted by Gasteiger charge is 2.36. The van der Waals surface area contributed by atoms with Gasteiger partial charge in [-0.05, 0) is 57.9 Å². The summed E-state index contributed by atoms with van der Waals surface area (Å²) >= 11 is 0. The predicted molar refractivity (Wildman–Crippen MR) is 116 cm³/mol. The van der Waals surface area contributed by atoms with Gasteiger partial charge in [0.15, 0.2) is 0 Å². The lowest BCUT2D eigenvalue weighted by molar-refractivity contribution is -0.120. The second-order valence-corrected chi connectivity index (χ2v) is 10.1. The van der Waals surface area contributed by atoms with Gasteiger partial charge in [0.25, 0.3) is 10.0 Å². The first-order chi connectivity index (χ1) is 13.8. The van der Waals surface area contributed by atoms with Gasteiger partial charge in [-0.3, -0.25) is 9.69 Å². The van der Waals surface area contributed by atoms with Crippen molar-refractivity contribution in [2.75, 3.05) is 32.2 Å². The first-order valence-electron chi connectivity index (χ1n) is 9.65. The van der Waals surface area contributed by atoms with Gasteiger partial charge in [-0.1, -0.05) is 0 Å². The third-order valence-electron chi connectivity index (χ3n) is 4.27. The Kier molecular flexibility index (Phi) is 7.12. The molecule has 0 unspecified atom stereocenters. The van der Waals surface area contributed by atoms with Crippen LogP contribution in [0.4, 0.5) is 10.5 Å². The lowest BCUT2D eigenvalue weighted by Gasteiger charge is -2.28. The molecule has 0 spiro atoms. The highest BCUT2D eigenvalue weighted by Crippen LogP contribution is 2.22. The van der Waals surface area contributed by atoms with Gasteiger partial charge in [-0.2, -0.15) is 0 Å². The fourth-order valence-corrected chi connectivity index (χ4v) is 3.64. The Labute approximate surface area is 178 Å². The van der Waals surface area contributed by atoms with E-state index in [0.29, 0.717) is 30.1 Å². The van der Waals surface area contributed by atoms with Crippen LogP contribution in [0.5, 0.6) is 0 Å². The second kappa shape index (κ2) is 9.03. The minimum absolute atomic E-state index is 0.288. The van der Waals surface area contributed by atoms with E-state index in [1.807, 2.05) is 0 Å². The number of amidine groups is 1. The van der Waals surface area contributed by atoms with Crippen LogP contribution < -0.4 is 5.32 Å². The van der Waals surface area contributed by atoms with Crippen LogP contribution >= 0.6 is 0 Å². The van der Waals surface area contributed by atoms with Gasteiger partial charge in [0, 0.05) is 31.9 Å². The second-order valence-electron chi connectivity index (χ2n) is 8.44. The first kappa shape index (κ1) is 23.7. The summed E-state index contributed by atoms with van der Waals surface area (Å²) < 4.78 is 32.2. The SMILES string of the molecule is CN(C)C(=NS(C)(=O)=O)c1ccc(NC(=O)[C@H]2CCCN2C(=O)OC(C)(C)C)cc1. The number of ether oxygens (including phenoxy) is 1. The zero-order valence-corrected chi connectivity index (χ0v) is 19.1. The molecule has 1 aromatic carbocycles. The number of amides is 2. The summed E-state index contributed by atoms with van der Waals surface area (Å²) in [4.78, 5) is 28.2. The van der Waals surface area contributed by atoms with Crippen molar-refractivity contribution < 1.29 is 22.7 Å². The Morgan fingerprint density at radius 3 is 2.30 bits per heavy atom. The molecule has 1 heterocycles. The summed E-state index contributed by atoms with van der Waals surface area (Å²) in [5, 5.41) is 2.82. The van der Waals surface area contributed by atoms with E-state index in [1.54, 1.807) is 64.0 Å². The summed E-state index contributed by atoms with van der Waals surface area (Å²) in [6.07, 6.45) is 1.82. The first-order valence-corrected chi connectivity index (χ1v) is 11.5. The van der Waals surface area contributed by atoms with Gasteiger partial charge in [0.2, 0.25) is 5.91 Å². The number of rotatable bonds is 4. The van der Waals surface area contributed by atoms with E-state index in [0.717, 1.165) is 12.7 Å². The van der Waals surface area contributed by atoms with Crippen LogP contribution in [0, 0.1) is 0 Å². The van der Waals surface area contributed by atoms with Gasteiger partial charge >= 0.3 is 6.09 Å². The summed E-state index contributed by atoms with van der Waals surface area (Å²) in [7, 11) is -0.158. The van der Waals surface area contributed by atoms with Crippen LogP contribution in [0.3, 0.4) is 0 Å². The van der Waals surface area contributed by atoms with Crippen LogP contribution in [0.2, 0.25) is 0 Å². The number of anilines is 1. The number of likely N-dealkylation sites (tertiary alicyclic amines) is 1. The van der Waals surface area contributed by atoms with Crippen LogP contribution in [0.1, 0.15) is 39.2 Å². The molecular formula is C20H30N4O5S. The van der Waals surface area contributed by atoms with Gasteiger partial charge in [0.1, 0.15) is 17.5 Å². The average molecular weight is 439 g/mol. The zero-order chi connectivity index (χ0) is 22.7. The minimum Gasteiger partial charge on any atom is -0.444 e. The molecule has 0 saturated carbocycles. The summed E-state index contributed by atoms with van der Waals surface area (Å²) in [5.41, 5.74) is 0.505. The molecule has 1 aliphatic rings. The largest absolute Gasteiger partial charge is 0.444 e. The van der Waals surface area contributed by atoms with Crippen molar-refractivity contribution in [3.8, 4) is 0 Å². The van der Waals surface area contributed by atoms with Crippen molar-refractivity contribution in [2.24, 2.45) is 4.40 Å². The Morgan fingerprint density at radius 1 is 1.20 bits per heavy atom. The quantitative estimate of drug-likeness (QED) is 0.571. The Morgan fingerprint density at radius 2 is 1.80 bits per heavy atom. The normalized spacial score (nSPS) is 17.6. The van der Waals surface area contributed by atoms with E-state index >= 15 is 0 Å². The van der Waals surface area contributed by atoms with E-state index in [4.69, 9.17) is 4.74 Å². The van der Waals surface area contributed by atoms with Crippen molar-refractivity contribution in [3.05, 3.63) is 29.8 Å². The molecule has 0 aliphatic carbocycles. The van der Waals surface area contributed by atoms with Crippen molar-refractivity contribution in [1.29, 1.82) is 0 Å². The lowest BCUT2D eigenvalue weighted by Crippen LogP contribution is -2.45. The standard InChI is InChI=1S/C20H30N4O5S/c1-20(2,3)29-19(26)24-13-7-8-16(24)18(25)21-15-11-9-14(10-12-15)17(23(4)5)22-30(6,27)28/h9-12,16H,7-8,13H2,1-6H3,(H,21,25)/t16-/m1/s1. The van der Waals surface area contributed by atoms with Crippen LogP contribution in [0.15, 0.2) is 28.7 Å². The smallest absolute Gasteiger partial charge is 0.410 e. The molecule has 10 heteroatoms. The van der Waals surface area contributed by atoms with E-state index in [-0.39, 0.29) is 5.91 Å². The number of carbonyl (C=O) groups is 2. The average Bonchev–Trinajstić information content (AvgIpc) is 3.08. The lowest BCUT2D eigenvalue weighted by atomic mass is 10.1. The summed E-state index contributed by atoms with van der Waals surface area (Å²) in [6, 6.07) is 6.10. The van der Waals surface area contributed by atoms with E-state index < -0.39 is 27.8 Å². The predicted octanol–water partition coefficient (Wildman–Crippen LogP) is 2.29. The van der Waals surface area contributed by atoms with Crippen molar-refractivity contribution in [2.45, 2.75) is 45.3 Å². The zero-order valence-electron chi connectivity index (χ0n) is 18.3. The maximum Gasteiger partial charge on any atom is 0.410 e. The van der Waals surface area contributed by atoms with Gasteiger partial charge in [-0.15, -0.1) is 4.40 Å². The molecule has 30 heavy (non-hydrogen) atoms. The number of sulfonamides is 1. The molecule has 0 aromatic heterocycles. The molecule has 1 aliphatic heterocycles. The molecule has 1 atom stereocenters. The molecule has 1 aromatic rings. The van der Waals surface area contributed by atoms with E-state index in [2.05, 4.69) is 9.71 Å². The van der Waals surface area contributed by atoms with Gasteiger partial charge in [0.05, 0.1) is 6.26 Å².